The van der Waals surface area contributed by atoms with E-state index in [4.69, 9.17) is 4.74 Å². The summed E-state index contributed by atoms with van der Waals surface area (Å²) in [6, 6.07) is 7.02. The van der Waals surface area contributed by atoms with Crippen LogP contribution in [-0.4, -0.2) is 37.0 Å². The predicted octanol–water partition coefficient (Wildman–Crippen LogP) is 2.01. The van der Waals surface area contributed by atoms with E-state index in [0.717, 1.165) is 15.6 Å². The second-order valence-corrected chi connectivity index (χ2v) is 6.36. The van der Waals surface area contributed by atoms with Crippen LogP contribution < -0.4 is 10.6 Å². The van der Waals surface area contributed by atoms with Crippen LogP contribution >= 0.6 is 11.3 Å². The average Bonchev–Trinajstić information content (AvgIpc) is 2.90. The number of rotatable bonds is 6. The van der Waals surface area contributed by atoms with Crippen molar-refractivity contribution in [2.24, 2.45) is 0 Å². The number of thiophene rings is 1. The lowest BCUT2D eigenvalue weighted by molar-refractivity contribution is -0.130. The average molecular weight is 348 g/mol. The van der Waals surface area contributed by atoms with Crippen molar-refractivity contribution in [2.45, 2.75) is 26.8 Å². The predicted molar refractivity (Wildman–Crippen MR) is 93.1 cm³/mol. The highest BCUT2D eigenvalue weighted by molar-refractivity contribution is 7.21. The Morgan fingerprint density at radius 1 is 1.25 bits per heavy atom. The van der Waals surface area contributed by atoms with Crippen LogP contribution in [0.15, 0.2) is 24.3 Å². The van der Waals surface area contributed by atoms with Gasteiger partial charge in [-0.05, 0) is 37.8 Å². The number of fused-ring (bicyclic) bond motifs is 1. The van der Waals surface area contributed by atoms with E-state index < -0.39 is 24.5 Å². The number of carbonyl (C=O) groups excluding carboxylic acids is 3. The van der Waals surface area contributed by atoms with Crippen molar-refractivity contribution in [3.63, 3.8) is 0 Å². The number of esters is 1. The molecule has 0 saturated carbocycles. The molecule has 0 saturated heterocycles. The molecule has 0 radical (unpaired) electrons. The standard InChI is InChI=1S/C17H20N2O4S/c1-4-18-16(21)11(3)19-14(20)9-23-17(22)15-10(2)12-7-5-6-8-13(12)24-15/h5-8,11H,4,9H2,1-3H3,(H,18,21)(H,19,20)/t11-/m1/s1. The fourth-order valence-electron chi connectivity index (χ4n) is 2.24. The van der Waals surface area contributed by atoms with Gasteiger partial charge < -0.3 is 15.4 Å². The lowest BCUT2D eigenvalue weighted by Crippen LogP contribution is -2.46. The van der Waals surface area contributed by atoms with Crippen LogP contribution in [-0.2, 0) is 14.3 Å². The monoisotopic (exact) mass is 348 g/mol. The Morgan fingerprint density at radius 3 is 2.62 bits per heavy atom. The molecule has 7 heteroatoms. The number of likely N-dealkylation sites (N-methyl/N-ethyl adjacent to an activating group) is 1. The van der Waals surface area contributed by atoms with Crippen molar-refractivity contribution in [1.82, 2.24) is 10.6 Å². The summed E-state index contributed by atoms with van der Waals surface area (Å²) in [5.74, 6) is -1.33. The third-order valence-electron chi connectivity index (χ3n) is 3.49. The number of hydrogen-bond acceptors (Lipinski definition) is 5. The summed E-state index contributed by atoms with van der Waals surface area (Å²) < 4.78 is 6.07. The maximum atomic E-state index is 12.2. The van der Waals surface area contributed by atoms with Gasteiger partial charge in [0.25, 0.3) is 5.91 Å². The molecule has 1 heterocycles. The lowest BCUT2D eigenvalue weighted by Gasteiger charge is -2.13. The minimum atomic E-state index is -0.679. The topological polar surface area (TPSA) is 84.5 Å². The van der Waals surface area contributed by atoms with Crippen LogP contribution in [0.4, 0.5) is 0 Å². The largest absolute Gasteiger partial charge is 0.451 e. The summed E-state index contributed by atoms with van der Waals surface area (Å²) in [6.45, 7) is 5.28. The van der Waals surface area contributed by atoms with Gasteiger partial charge in [-0.25, -0.2) is 4.79 Å². The molecule has 1 atom stereocenters. The van der Waals surface area contributed by atoms with Crippen LogP contribution in [0.3, 0.4) is 0 Å². The van der Waals surface area contributed by atoms with Crippen LogP contribution in [0, 0.1) is 6.92 Å². The van der Waals surface area contributed by atoms with E-state index in [9.17, 15) is 14.4 Å². The van der Waals surface area contributed by atoms with Crippen molar-refractivity contribution in [3.05, 3.63) is 34.7 Å². The van der Waals surface area contributed by atoms with Crippen molar-refractivity contribution in [1.29, 1.82) is 0 Å². The molecule has 0 bridgehead atoms. The van der Waals surface area contributed by atoms with E-state index in [0.29, 0.717) is 11.4 Å². The lowest BCUT2D eigenvalue weighted by atomic mass is 10.1. The second kappa shape index (κ2) is 7.92. The third kappa shape index (κ3) is 4.11. The summed E-state index contributed by atoms with van der Waals surface area (Å²) in [4.78, 5) is 36.0. The maximum absolute atomic E-state index is 12.2. The van der Waals surface area contributed by atoms with Gasteiger partial charge in [-0.3, -0.25) is 9.59 Å². The molecule has 0 spiro atoms. The highest BCUT2D eigenvalue weighted by atomic mass is 32.1. The number of amides is 2. The first-order chi connectivity index (χ1) is 11.4. The van der Waals surface area contributed by atoms with Gasteiger partial charge in [0.1, 0.15) is 10.9 Å². The highest BCUT2D eigenvalue weighted by Gasteiger charge is 2.19. The molecule has 2 amide bonds. The number of benzene rings is 1. The minimum Gasteiger partial charge on any atom is -0.451 e. The smallest absolute Gasteiger partial charge is 0.349 e. The molecule has 0 unspecified atom stereocenters. The molecular weight excluding hydrogens is 328 g/mol. The highest BCUT2D eigenvalue weighted by Crippen LogP contribution is 2.30. The van der Waals surface area contributed by atoms with E-state index in [-0.39, 0.29) is 5.91 Å². The molecule has 2 aromatic rings. The van der Waals surface area contributed by atoms with Gasteiger partial charge in [0.15, 0.2) is 6.61 Å². The van der Waals surface area contributed by atoms with Crippen molar-refractivity contribution in [2.75, 3.05) is 13.2 Å². The zero-order chi connectivity index (χ0) is 17.7. The fourth-order valence-corrected chi connectivity index (χ4v) is 3.34. The van der Waals surface area contributed by atoms with Gasteiger partial charge >= 0.3 is 5.97 Å². The SMILES string of the molecule is CCNC(=O)[C@@H](C)NC(=O)COC(=O)c1sc2ccccc2c1C. The van der Waals surface area contributed by atoms with Crippen LogP contribution in [0.5, 0.6) is 0 Å². The van der Waals surface area contributed by atoms with Gasteiger partial charge in [0, 0.05) is 11.2 Å². The quantitative estimate of drug-likeness (QED) is 0.782. The Labute approximate surface area is 144 Å². The molecule has 0 aliphatic heterocycles. The van der Waals surface area contributed by atoms with Crippen LogP contribution in [0.1, 0.15) is 29.1 Å². The molecule has 24 heavy (non-hydrogen) atoms. The molecule has 2 rings (SSSR count). The van der Waals surface area contributed by atoms with Gasteiger partial charge in [0.05, 0.1) is 0 Å². The Hall–Kier alpha value is -2.41. The van der Waals surface area contributed by atoms with E-state index in [2.05, 4.69) is 10.6 Å². The van der Waals surface area contributed by atoms with Crippen molar-refractivity contribution < 1.29 is 19.1 Å². The van der Waals surface area contributed by atoms with Gasteiger partial charge in [0.2, 0.25) is 5.91 Å². The van der Waals surface area contributed by atoms with E-state index in [1.165, 1.54) is 11.3 Å². The molecule has 0 aliphatic carbocycles. The van der Waals surface area contributed by atoms with Crippen molar-refractivity contribution >= 4 is 39.2 Å². The fraction of sp³-hybridized carbons (Fsp3) is 0.353. The molecule has 1 aromatic heterocycles. The summed E-state index contributed by atoms with van der Waals surface area (Å²) in [7, 11) is 0. The number of aryl methyl sites for hydroxylation is 1. The van der Waals surface area contributed by atoms with Crippen LogP contribution in [0.2, 0.25) is 0 Å². The number of nitrogens with one attached hydrogen (secondary N) is 2. The number of carbonyl (C=O) groups is 3. The molecule has 128 valence electrons. The van der Waals surface area contributed by atoms with E-state index in [1.807, 2.05) is 31.2 Å². The zero-order valence-electron chi connectivity index (χ0n) is 13.8. The summed E-state index contributed by atoms with van der Waals surface area (Å²) in [5, 5.41) is 6.10. The Kier molecular flexibility index (Phi) is 5.92. The number of ether oxygens (including phenoxy) is 1. The first kappa shape index (κ1) is 17.9. The Bertz CT molecular complexity index is 769. The molecule has 6 nitrogen and oxygen atoms in total. The van der Waals surface area contributed by atoms with Crippen molar-refractivity contribution in [3.8, 4) is 0 Å². The van der Waals surface area contributed by atoms with Gasteiger partial charge in [-0.1, -0.05) is 18.2 Å². The third-order valence-corrected chi connectivity index (χ3v) is 4.74. The molecular formula is C17H20N2O4S. The van der Waals surface area contributed by atoms with Gasteiger partial charge in [-0.15, -0.1) is 11.3 Å². The summed E-state index contributed by atoms with van der Waals surface area (Å²) in [5.41, 5.74) is 0.844. The molecule has 2 N–H and O–H groups in total. The number of hydrogen-bond donors (Lipinski definition) is 2. The summed E-state index contributed by atoms with van der Waals surface area (Å²) >= 11 is 1.34. The Morgan fingerprint density at radius 2 is 1.96 bits per heavy atom. The minimum absolute atomic E-state index is 0.280. The molecule has 0 aliphatic rings. The molecule has 1 aromatic carbocycles. The first-order valence-electron chi connectivity index (χ1n) is 7.66. The molecule has 0 fully saturated rings. The Balaban J connectivity index is 1.93. The van der Waals surface area contributed by atoms with Crippen LogP contribution in [0.25, 0.3) is 10.1 Å². The zero-order valence-corrected chi connectivity index (χ0v) is 14.7. The normalized spacial score (nSPS) is 11.8. The maximum Gasteiger partial charge on any atom is 0.349 e. The van der Waals surface area contributed by atoms with E-state index >= 15 is 0 Å². The summed E-state index contributed by atoms with van der Waals surface area (Å²) in [6.07, 6.45) is 0. The second-order valence-electron chi connectivity index (χ2n) is 5.31. The van der Waals surface area contributed by atoms with E-state index in [1.54, 1.807) is 13.8 Å². The first-order valence-corrected chi connectivity index (χ1v) is 8.48. The van der Waals surface area contributed by atoms with Gasteiger partial charge in [-0.2, -0.15) is 0 Å².